The van der Waals surface area contributed by atoms with E-state index in [4.69, 9.17) is 16.3 Å². The van der Waals surface area contributed by atoms with Gasteiger partial charge in [-0.15, -0.1) is 0 Å². The number of carbonyl (C=O) groups is 2. The second-order valence-corrected chi connectivity index (χ2v) is 5.41. The third-order valence-electron chi connectivity index (χ3n) is 3.10. The van der Waals surface area contributed by atoms with Gasteiger partial charge in [0.25, 0.3) is 5.91 Å². The van der Waals surface area contributed by atoms with Crippen LogP contribution in [-0.2, 0) is 4.74 Å². The van der Waals surface area contributed by atoms with E-state index in [1.54, 1.807) is 29.2 Å². The van der Waals surface area contributed by atoms with E-state index in [0.29, 0.717) is 23.7 Å². The predicted octanol–water partition coefficient (Wildman–Crippen LogP) is 2.30. The number of halogens is 1. The molecule has 1 heterocycles. The summed E-state index contributed by atoms with van der Waals surface area (Å²) in [5, 5.41) is 3.26. The first kappa shape index (κ1) is 14.7. The lowest BCUT2D eigenvalue weighted by Gasteiger charge is -2.16. The summed E-state index contributed by atoms with van der Waals surface area (Å²) in [6.07, 6.45) is -0.643. The highest BCUT2D eigenvalue weighted by Crippen LogP contribution is 2.14. The molecular formula is C14H17ClN2O3. The van der Waals surface area contributed by atoms with Crippen LogP contribution < -0.4 is 5.32 Å². The molecule has 6 heteroatoms. The van der Waals surface area contributed by atoms with Crippen molar-refractivity contribution in [1.82, 2.24) is 10.2 Å². The third kappa shape index (κ3) is 3.42. The van der Waals surface area contributed by atoms with Gasteiger partial charge >= 0.3 is 6.09 Å². The van der Waals surface area contributed by atoms with Gasteiger partial charge < -0.3 is 15.0 Å². The van der Waals surface area contributed by atoms with Gasteiger partial charge in [-0.05, 0) is 32.0 Å². The first-order valence-electron chi connectivity index (χ1n) is 6.48. The molecule has 0 spiro atoms. The molecule has 1 aromatic rings. The Bertz CT molecular complexity index is 519. The van der Waals surface area contributed by atoms with E-state index in [0.717, 1.165) is 0 Å². The number of benzene rings is 1. The number of hydrogen-bond acceptors (Lipinski definition) is 3. The van der Waals surface area contributed by atoms with Gasteiger partial charge in [-0.2, -0.15) is 0 Å². The van der Waals surface area contributed by atoms with Crippen molar-refractivity contribution >= 4 is 23.6 Å². The summed E-state index contributed by atoms with van der Waals surface area (Å²) >= 11 is 5.83. The van der Waals surface area contributed by atoms with Crippen LogP contribution in [0.15, 0.2) is 24.3 Å². The lowest BCUT2D eigenvalue weighted by molar-refractivity contribution is 0.0914. The zero-order chi connectivity index (χ0) is 14.7. The number of ether oxygens (including phenoxy) is 1. The molecule has 1 aromatic carbocycles. The van der Waals surface area contributed by atoms with Gasteiger partial charge in [-0.1, -0.05) is 17.7 Å². The summed E-state index contributed by atoms with van der Waals surface area (Å²) in [4.78, 5) is 25.1. The third-order valence-corrected chi connectivity index (χ3v) is 3.34. The lowest BCUT2D eigenvalue weighted by atomic mass is 10.2. The SMILES string of the molecule is CC(C)N1CC(CNC(=O)c2cccc(Cl)c2)OC1=O. The molecule has 0 saturated carbocycles. The molecule has 0 aliphatic carbocycles. The molecule has 0 radical (unpaired) electrons. The molecule has 1 saturated heterocycles. The second-order valence-electron chi connectivity index (χ2n) is 4.97. The molecule has 0 aromatic heterocycles. The van der Waals surface area contributed by atoms with Crippen LogP contribution in [-0.4, -0.2) is 42.1 Å². The number of carbonyl (C=O) groups excluding carboxylic acids is 2. The minimum absolute atomic E-state index is 0.0936. The van der Waals surface area contributed by atoms with Gasteiger partial charge in [0.2, 0.25) is 0 Å². The van der Waals surface area contributed by atoms with Gasteiger partial charge in [0, 0.05) is 16.6 Å². The minimum Gasteiger partial charge on any atom is -0.442 e. The van der Waals surface area contributed by atoms with Crippen molar-refractivity contribution in [1.29, 1.82) is 0 Å². The smallest absolute Gasteiger partial charge is 0.410 e. The summed E-state index contributed by atoms with van der Waals surface area (Å²) in [5.41, 5.74) is 0.488. The van der Waals surface area contributed by atoms with Crippen molar-refractivity contribution in [2.45, 2.75) is 26.0 Å². The fraction of sp³-hybridized carbons (Fsp3) is 0.429. The van der Waals surface area contributed by atoms with Gasteiger partial charge in [-0.25, -0.2) is 4.79 Å². The molecule has 1 N–H and O–H groups in total. The molecule has 2 amide bonds. The highest BCUT2D eigenvalue weighted by Gasteiger charge is 2.32. The van der Waals surface area contributed by atoms with Crippen LogP contribution in [0, 0.1) is 0 Å². The highest BCUT2D eigenvalue weighted by atomic mass is 35.5. The Balaban J connectivity index is 1.87. The Morgan fingerprint density at radius 1 is 1.55 bits per heavy atom. The number of nitrogens with one attached hydrogen (secondary N) is 1. The quantitative estimate of drug-likeness (QED) is 0.927. The first-order valence-corrected chi connectivity index (χ1v) is 6.86. The van der Waals surface area contributed by atoms with Gasteiger partial charge in [0.1, 0.15) is 6.10 Å². The molecular weight excluding hydrogens is 280 g/mol. The summed E-state index contributed by atoms with van der Waals surface area (Å²) in [7, 11) is 0. The fourth-order valence-electron chi connectivity index (χ4n) is 2.01. The van der Waals surface area contributed by atoms with Crippen LogP contribution in [0.1, 0.15) is 24.2 Å². The van der Waals surface area contributed by atoms with Crippen molar-refractivity contribution in [3.63, 3.8) is 0 Å². The van der Waals surface area contributed by atoms with Crippen LogP contribution >= 0.6 is 11.6 Å². The van der Waals surface area contributed by atoms with Crippen LogP contribution in [0.5, 0.6) is 0 Å². The minimum atomic E-state index is -0.331. The Morgan fingerprint density at radius 2 is 2.30 bits per heavy atom. The number of nitrogens with zero attached hydrogens (tertiary/aromatic N) is 1. The first-order chi connectivity index (χ1) is 9.47. The topological polar surface area (TPSA) is 58.6 Å². The van der Waals surface area contributed by atoms with Crippen LogP contribution in [0.3, 0.4) is 0 Å². The van der Waals surface area contributed by atoms with Crippen LogP contribution in [0.2, 0.25) is 5.02 Å². The number of amides is 2. The summed E-state index contributed by atoms with van der Waals surface area (Å²) < 4.78 is 5.19. The Labute approximate surface area is 122 Å². The molecule has 20 heavy (non-hydrogen) atoms. The van der Waals surface area contributed by atoms with Crippen LogP contribution in [0.25, 0.3) is 0 Å². The maximum absolute atomic E-state index is 11.9. The maximum Gasteiger partial charge on any atom is 0.410 e. The van der Waals surface area contributed by atoms with Crippen molar-refractivity contribution in [2.24, 2.45) is 0 Å². The Kier molecular flexibility index (Phi) is 4.49. The van der Waals surface area contributed by atoms with Crippen molar-refractivity contribution < 1.29 is 14.3 Å². The zero-order valence-corrected chi connectivity index (χ0v) is 12.2. The second kappa shape index (κ2) is 6.13. The molecule has 108 valence electrons. The molecule has 1 atom stereocenters. The molecule has 5 nitrogen and oxygen atoms in total. The van der Waals surface area contributed by atoms with E-state index in [2.05, 4.69) is 5.32 Å². The lowest BCUT2D eigenvalue weighted by Crippen LogP contribution is -2.36. The molecule has 1 fully saturated rings. The van der Waals surface area contributed by atoms with E-state index >= 15 is 0 Å². The van der Waals surface area contributed by atoms with E-state index in [1.165, 1.54) is 0 Å². The summed E-state index contributed by atoms with van der Waals surface area (Å²) in [5.74, 6) is -0.230. The monoisotopic (exact) mass is 296 g/mol. The largest absolute Gasteiger partial charge is 0.442 e. The maximum atomic E-state index is 11.9. The number of rotatable bonds is 4. The van der Waals surface area contributed by atoms with Gasteiger partial charge in [0.05, 0.1) is 13.1 Å². The standard InChI is InChI=1S/C14H17ClN2O3/c1-9(2)17-8-12(20-14(17)19)7-16-13(18)10-4-3-5-11(15)6-10/h3-6,9,12H,7-8H2,1-2H3,(H,16,18). The molecule has 0 bridgehead atoms. The molecule has 1 aliphatic heterocycles. The predicted molar refractivity (Wildman–Crippen MR) is 75.9 cm³/mol. The van der Waals surface area contributed by atoms with Crippen molar-refractivity contribution in [2.75, 3.05) is 13.1 Å². The average molecular weight is 297 g/mol. The average Bonchev–Trinajstić information content (AvgIpc) is 2.77. The number of hydrogen-bond donors (Lipinski definition) is 1. The fourth-order valence-corrected chi connectivity index (χ4v) is 2.20. The zero-order valence-electron chi connectivity index (χ0n) is 11.4. The normalized spacial score (nSPS) is 18.3. The van der Waals surface area contributed by atoms with Crippen molar-refractivity contribution in [3.8, 4) is 0 Å². The van der Waals surface area contributed by atoms with Gasteiger partial charge in [-0.3, -0.25) is 4.79 Å². The number of cyclic esters (lactones) is 1. The van der Waals surface area contributed by atoms with E-state index < -0.39 is 0 Å². The van der Waals surface area contributed by atoms with Crippen LogP contribution in [0.4, 0.5) is 4.79 Å². The summed E-state index contributed by atoms with van der Waals surface area (Å²) in [6, 6.07) is 6.79. The van der Waals surface area contributed by atoms with E-state index in [-0.39, 0.29) is 24.1 Å². The van der Waals surface area contributed by atoms with E-state index in [1.807, 2.05) is 13.8 Å². The van der Waals surface area contributed by atoms with E-state index in [9.17, 15) is 9.59 Å². The summed E-state index contributed by atoms with van der Waals surface area (Å²) in [6.45, 7) is 4.63. The van der Waals surface area contributed by atoms with Crippen molar-refractivity contribution in [3.05, 3.63) is 34.9 Å². The molecule has 1 aliphatic rings. The Morgan fingerprint density at radius 3 is 2.90 bits per heavy atom. The molecule has 2 rings (SSSR count). The van der Waals surface area contributed by atoms with Gasteiger partial charge in [0.15, 0.2) is 0 Å². The molecule has 1 unspecified atom stereocenters. The highest BCUT2D eigenvalue weighted by molar-refractivity contribution is 6.30. The Hall–Kier alpha value is -1.75.